The maximum Gasteiger partial charge on any atom is 0.137 e. The van der Waals surface area contributed by atoms with Gasteiger partial charge in [-0.3, -0.25) is 9.97 Å². The second kappa shape index (κ2) is 31.9. The second-order valence-electron chi connectivity index (χ2n) is 4.24. The first-order chi connectivity index (χ1) is 11.1. The Labute approximate surface area is 210 Å². The zero-order valence-electron chi connectivity index (χ0n) is 15.4. The van der Waals surface area contributed by atoms with Crippen LogP contribution >= 0.6 is 0 Å². The molecule has 0 bridgehead atoms. The number of aliphatic hydroxyl groups excluding tert-OH is 1. The molecule has 0 atom stereocenters. The number of aromatic nitrogens is 2. The fourth-order valence-electron chi connectivity index (χ4n) is 1.41. The SMILES string of the molecule is C.C.C.CCO.[B].[B].[B]Cc1cncc(O)c1.[B]Cc1cncc(OCC)c1.[Y]. The van der Waals surface area contributed by atoms with Crippen LogP contribution in [-0.4, -0.2) is 65.9 Å². The molecule has 0 unspecified atom stereocenters. The van der Waals surface area contributed by atoms with Crippen LogP contribution in [0.15, 0.2) is 36.9 Å². The molecule has 0 fully saturated rings. The number of pyridine rings is 2. The first kappa shape index (κ1) is 46.4. The smallest absolute Gasteiger partial charge is 0.137 e. The number of hydrogen-bond acceptors (Lipinski definition) is 5. The van der Waals surface area contributed by atoms with Gasteiger partial charge in [-0.2, -0.15) is 0 Å². The van der Waals surface area contributed by atoms with Gasteiger partial charge in [-0.1, -0.05) is 34.9 Å². The summed E-state index contributed by atoms with van der Waals surface area (Å²) in [5.41, 5.74) is 1.84. The summed E-state index contributed by atoms with van der Waals surface area (Å²) in [7, 11) is 10.7. The largest absolute Gasteiger partial charge is 0.506 e. The Balaban J connectivity index is -0.0000000501. The Morgan fingerprint density at radius 1 is 0.862 bits per heavy atom. The third-order valence-electron chi connectivity index (χ3n) is 2.33. The van der Waals surface area contributed by atoms with Gasteiger partial charge >= 0.3 is 0 Å². The van der Waals surface area contributed by atoms with Gasteiger partial charge in [0, 0.05) is 68.5 Å². The van der Waals surface area contributed by atoms with Crippen molar-refractivity contribution in [3.8, 4) is 11.5 Å². The maximum absolute atomic E-state index is 8.83. The predicted octanol–water partition coefficient (Wildman–Crippen LogP) is 2.75. The molecule has 11 radical (unpaired) electrons. The molecule has 0 aliphatic carbocycles. The monoisotopic (exact) mass is 471 g/mol. The van der Waals surface area contributed by atoms with E-state index in [0.717, 1.165) is 16.9 Å². The minimum atomic E-state index is 0. The molecule has 0 spiro atoms. The Hall–Kier alpha value is -0.776. The molecular weight excluding hydrogens is 436 g/mol. The molecule has 0 aliphatic rings. The van der Waals surface area contributed by atoms with E-state index in [1.165, 1.54) is 6.20 Å². The summed E-state index contributed by atoms with van der Waals surface area (Å²) in [5.74, 6) is 0.952. The third-order valence-corrected chi connectivity index (χ3v) is 2.33. The van der Waals surface area contributed by atoms with E-state index in [2.05, 4.69) is 9.97 Å². The molecule has 10 heteroatoms. The number of aliphatic hydroxyl groups is 1. The normalized spacial score (nSPS) is 7.14. The fraction of sp³-hybridized carbons (Fsp3) is 0.474. The van der Waals surface area contributed by atoms with Gasteiger partial charge in [0.05, 0.1) is 34.7 Å². The molecule has 2 aromatic rings. The van der Waals surface area contributed by atoms with Crippen LogP contribution in [0.2, 0.25) is 0 Å². The molecule has 5 nitrogen and oxygen atoms in total. The van der Waals surface area contributed by atoms with Gasteiger partial charge in [-0.15, -0.1) is 0 Å². The molecule has 2 heterocycles. The van der Waals surface area contributed by atoms with Crippen LogP contribution in [0.3, 0.4) is 0 Å². The molecule has 0 saturated carbocycles. The van der Waals surface area contributed by atoms with Crippen molar-refractivity contribution in [3.63, 3.8) is 0 Å². The van der Waals surface area contributed by atoms with Gasteiger partial charge in [0.15, 0.2) is 0 Å². The average molecular weight is 471 g/mol. The van der Waals surface area contributed by atoms with Crippen LogP contribution < -0.4 is 4.74 Å². The van der Waals surface area contributed by atoms with E-state index >= 15 is 0 Å². The fourth-order valence-corrected chi connectivity index (χ4v) is 1.41. The summed E-state index contributed by atoms with van der Waals surface area (Å²) in [6.07, 6.45) is 7.35. The van der Waals surface area contributed by atoms with Crippen LogP contribution in [0, 0.1) is 0 Å². The summed E-state index contributed by atoms with van der Waals surface area (Å²) < 4.78 is 5.23. The summed E-state index contributed by atoms with van der Waals surface area (Å²) >= 11 is 0. The topological polar surface area (TPSA) is 75.5 Å². The van der Waals surface area contributed by atoms with Gasteiger partial charge in [-0.25, -0.2) is 0 Å². The molecule has 153 valence electrons. The number of nitrogens with zero attached hydrogens (tertiary/aromatic N) is 2. The molecule has 0 aromatic carbocycles. The summed E-state index contributed by atoms with van der Waals surface area (Å²) in [4.78, 5) is 7.69. The second-order valence-corrected chi connectivity index (χ2v) is 4.24. The quantitative estimate of drug-likeness (QED) is 0.672. The number of aromatic hydroxyl groups is 1. The van der Waals surface area contributed by atoms with Crippen molar-refractivity contribution in [2.45, 2.75) is 48.8 Å². The molecular formula is C19H34B4N2O3Y. The minimum Gasteiger partial charge on any atom is -0.506 e. The van der Waals surface area contributed by atoms with Gasteiger partial charge in [0.1, 0.15) is 11.5 Å². The molecule has 29 heavy (non-hydrogen) atoms. The van der Waals surface area contributed by atoms with Crippen molar-refractivity contribution in [2.24, 2.45) is 0 Å². The standard InChI is InChI=1S/C8H10BNO.C6H6BNO.C2H6O.3CH4.2B.Y/c1-2-11-8-3-7(4-9)5-10-6-8;7-2-5-1-6(9)4-8-3-5;1-2-3;;;;;;/h3,5-6H,2,4H2,1H3;1,3-4,9H,2H2;3H,2H2,1H3;3*1H4;;;. The van der Waals surface area contributed by atoms with Crippen molar-refractivity contribution in [1.29, 1.82) is 0 Å². The van der Waals surface area contributed by atoms with Crippen LogP contribution in [0.5, 0.6) is 11.5 Å². The van der Waals surface area contributed by atoms with E-state index in [0.29, 0.717) is 19.2 Å². The summed E-state index contributed by atoms with van der Waals surface area (Å²) in [6, 6.07) is 3.49. The van der Waals surface area contributed by atoms with E-state index in [1.54, 1.807) is 31.6 Å². The van der Waals surface area contributed by atoms with E-state index in [1.807, 2.05) is 13.0 Å². The molecule has 2 N–H and O–H groups in total. The van der Waals surface area contributed by atoms with Crippen LogP contribution in [0.25, 0.3) is 0 Å². The first-order valence-corrected chi connectivity index (χ1v) is 7.31. The van der Waals surface area contributed by atoms with Gasteiger partial charge in [0.25, 0.3) is 0 Å². The molecule has 2 rings (SSSR count). The molecule has 0 saturated heterocycles. The van der Waals surface area contributed by atoms with Crippen LogP contribution in [-0.2, 0) is 45.3 Å². The maximum atomic E-state index is 8.83. The van der Waals surface area contributed by atoms with Crippen LogP contribution in [0.4, 0.5) is 0 Å². The number of rotatable bonds is 4. The van der Waals surface area contributed by atoms with Crippen molar-refractivity contribution in [1.82, 2.24) is 9.97 Å². The van der Waals surface area contributed by atoms with E-state index in [4.69, 9.17) is 30.6 Å². The average Bonchev–Trinajstić information content (AvgIpc) is 2.57. The van der Waals surface area contributed by atoms with Crippen molar-refractivity contribution < 1.29 is 47.7 Å². The molecule has 2 aromatic heterocycles. The van der Waals surface area contributed by atoms with Gasteiger partial charge in [0.2, 0.25) is 0 Å². The van der Waals surface area contributed by atoms with Gasteiger partial charge in [-0.05, 0) is 37.1 Å². The summed E-state index contributed by atoms with van der Waals surface area (Å²) in [5, 5.41) is 16.4. The Bertz CT molecular complexity index is 556. The van der Waals surface area contributed by atoms with Crippen molar-refractivity contribution >= 4 is 32.5 Å². The van der Waals surface area contributed by atoms with E-state index in [-0.39, 0.29) is 84.2 Å². The van der Waals surface area contributed by atoms with E-state index < -0.39 is 0 Å². The number of ether oxygens (including phenoxy) is 1. The third kappa shape index (κ3) is 25.2. The van der Waals surface area contributed by atoms with Crippen molar-refractivity contribution in [2.75, 3.05) is 13.2 Å². The minimum absolute atomic E-state index is 0. The van der Waals surface area contributed by atoms with Crippen molar-refractivity contribution in [3.05, 3.63) is 48.0 Å². The zero-order valence-corrected chi connectivity index (χ0v) is 18.2. The van der Waals surface area contributed by atoms with E-state index in [9.17, 15) is 0 Å². The summed E-state index contributed by atoms with van der Waals surface area (Å²) in [6.45, 7) is 4.53. The predicted molar refractivity (Wildman–Crippen MR) is 125 cm³/mol. The number of hydrogen-bond donors (Lipinski definition) is 2. The van der Waals surface area contributed by atoms with Crippen LogP contribution in [0.1, 0.15) is 47.3 Å². The molecule has 0 amide bonds. The van der Waals surface area contributed by atoms with Gasteiger partial charge < -0.3 is 14.9 Å². The Kier molecular flexibility index (Phi) is 51.1. The zero-order chi connectivity index (χ0) is 17.5. The Morgan fingerprint density at radius 2 is 1.28 bits per heavy atom. The first-order valence-electron chi connectivity index (χ1n) is 7.31. The Morgan fingerprint density at radius 3 is 1.62 bits per heavy atom. The molecule has 0 aliphatic heterocycles.